The fourth-order valence-corrected chi connectivity index (χ4v) is 4.46. The molecule has 2 N–H and O–H groups in total. The van der Waals surface area contributed by atoms with Crippen LogP contribution in [-0.4, -0.2) is 50.0 Å². The smallest absolute Gasteiger partial charge is 0.127 e. The van der Waals surface area contributed by atoms with Crippen molar-refractivity contribution >= 4 is 0 Å². The van der Waals surface area contributed by atoms with Crippen molar-refractivity contribution in [3.05, 3.63) is 65.0 Å². The molecule has 0 amide bonds. The lowest BCUT2D eigenvalue weighted by molar-refractivity contribution is 0.132. The van der Waals surface area contributed by atoms with E-state index < -0.39 is 0 Å². The molecule has 6 heteroatoms. The van der Waals surface area contributed by atoms with Gasteiger partial charge in [-0.3, -0.25) is 4.90 Å². The highest BCUT2D eigenvalue weighted by molar-refractivity contribution is 5.37. The van der Waals surface area contributed by atoms with Gasteiger partial charge < -0.3 is 19.9 Å². The van der Waals surface area contributed by atoms with Gasteiger partial charge in [0, 0.05) is 42.9 Å². The van der Waals surface area contributed by atoms with Crippen molar-refractivity contribution in [1.29, 1.82) is 0 Å². The van der Waals surface area contributed by atoms with Gasteiger partial charge in [0.05, 0.1) is 20.3 Å². The summed E-state index contributed by atoms with van der Waals surface area (Å²) >= 11 is 0. The molecule has 0 aliphatic carbocycles. The zero-order valence-electron chi connectivity index (χ0n) is 18.1. The van der Waals surface area contributed by atoms with Crippen LogP contribution in [0.5, 0.6) is 5.75 Å². The van der Waals surface area contributed by atoms with Crippen molar-refractivity contribution in [3.63, 3.8) is 0 Å². The second kappa shape index (κ2) is 10.9. The number of aliphatic hydroxyl groups is 1. The first-order valence-corrected chi connectivity index (χ1v) is 10.6. The van der Waals surface area contributed by atoms with Crippen LogP contribution in [0.25, 0.3) is 0 Å². The molecule has 0 bridgehead atoms. The maximum Gasteiger partial charge on any atom is 0.127 e. The molecule has 0 unspecified atom stereocenters. The summed E-state index contributed by atoms with van der Waals surface area (Å²) in [6, 6.07) is 13.1. The van der Waals surface area contributed by atoms with Gasteiger partial charge >= 0.3 is 0 Å². The summed E-state index contributed by atoms with van der Waals surface area (Å²) in [5, 5.41) is 13.3. The fourth-order valence-electron chi connectivity index (χ4n) is 4.46. The first-order valence-electron chi connectivity index (χ1n) is 10.6. The van der Waals surface area contributed by atoms with Crippen molar-refractivity contribution < 1.29 is 19.0 Å². The highest BCUT2D eigenvalue weighted by Crippen LogP contribution is 2.40. The molecule has 1 aliphatic heterocycles. The van der Waals surface area contributed by atoms with Crippen LogP contribution in [0.3, 0.4) is 0 Å². The molecule has 1 saturated heterocycles. The Kier molecular flexibility index (Phi) is 8.22. The number of ether oxygens (including phenoxy) is 2. The van der Waals surface area contributed by atoms with Crippen molar-refractivity contribution in [2.75, 3.05) is 33.9 Å². The summed E-state index contributed by atoms with van der Waals surface area (Å²) in [6.07, 6.45) is 0.831. The van der Waals surface area contributed by atoms with Crippen LogP contribution in [0.15, 0.2) is 42.5 Å². The largest absolute Gasteiger partial charge is 0.496 e. The van der Waals surface area contributed by atoms with E-state index in [1.165, 1.54) is 6.07 Å². The molecule has 0 spiro atoms. The predicted molar refractivity (Wildman–Crippen MR) is 116 cm³/mol. The third-order valence-corrected chi connectivity index (χ3v) is 6.01. The van der Waals surface area contributed by atoms with Gasteiger partial charge in [-0.25, -0.2) is 4.39 Å². The van der Waals surface area contributed by atoms with Crippen molar-refractivity contribution in [1.82, 2.24) is 10.2 Å². The van der Waals surface area contributed by atoms with E-state index in [1.807, 2.05) is 38.2 Å². The lowest BCUT2D eigenvalue weighted by Crippen LogP contribution is -2.32. The van der Waals surface area contributed by atoms with Gasteiger partial charge in [-0.15, -0.1) is 0 Å². The average Bonchev–Trinajstić information content (AvgIpc) is 3.08. The van der Waals surface area contributed by atoms with Gasteiger partial charge in [-0.05, 0) is 50.1 Å². The SMILES string of the molecule is CCOCc1cc(CNC[C@H]2C[C@@H](CO)N(C)[C@H]2c2ccccc2F)ccc1OC. The monoisotopic (exact) mass is 416 g/mol. The number of likely N-dealkylation sites (tertiary alicyclic amines) is 1. The number of benzene rings is 2. The van der Waals surface area contributed by atoms with Gasteiger partial charge in [0.25, 0.3) is 0 Å². The zero-order chi connectivity index (χ0) is 21.5. The molecule has 1 aliphatic rings. The van der Waals surface area contributed by atoms with Crippen LogP contribution in [0, 0.1) is 11.7 Å². The molecule has 5 nitrogen and oxygen atoms in total. The number of nitrogens with zero attached hydrogens (tertiary/aromatic N) is 1. The summed E-state index contributed by atoms with van der Waals surface area (Å²) in [5.41, 5.74) is 2.88. The Balaban J connectivity index is 1.67. The van der Waals surface area contributed by atoms with Crippen molar-refractivity contribution in [2.45, 2.75) is 38.6 Å². The number of methoxy groups -OCH3 is 1. The van der Waals surface area contributed by atoms with E-state index in [0.717, 1.165) is 29.8 Å². The number of hydrogen-bond acceptors (Lipinski definition) is 5. The van der Waals surface area contributed by atoms with Gasteiger partial charge in [0.2, 0.25) is 0 Å². The lowest BCUT2D eigenvalue weighted by Gasteiger charge is -2.28. The van der Waals surface area contributed by atoms with Gasteiger partial charge in [-0.1, -0.05) is 24.3 Å². The van der Waals surface area contributed by atoms with E-state index in [1.54, 1.807) is 13.2 Å². The molecule has 30 heavy (non-hydrogen) atoms. The Bertz CT molecular complexity index is 817. The summed E-state index contributed by atoms with van der Waals surface area (Å²) in [6.45, 7) is 4.68. The highest BCUT2D eigenvalue weighted by Gasteiger charge is 2.40. The number of likely N-dealkylation sites (N-methyl/N-ethyl adjacent to an activating group) is 1. The minimum absolute atomic E-state index is 0.0418. The first kappa shape index (κ1) is 22.7. The molecule has 0 aromatic heterocycles. The van der Waals surface area contributed by atoms with Crippen LogP contribution in [0.4, 0.5) is 4.39 Å². The van der Waals surface area contributed by atoms with E-state index >= 15 is 0 Å². The van der Waals surface area contributed by atoms with Crippen LogP contribution >= 0.6 is 0 Å². The number of nitrogens with one attached hydrogen (secondary N) is 1. The topological polar surface area (TPSA) is 54.0 Å². The fraction of sp³-hybridized carbons (Fsp3) is 0.500. The molecule has 0 radical (unpaired) electrons. The Hall–Kier alpha value is -1.99. The van der Waals surface area contributed by atoms with E-state index in [4.69, 9.17) is 9.47 Å². The standard InChI is InChI=1S/C24H33FN2O3/c1-4-30-16-19-11-17(9-10-23(19)29-3)13-26-14-18-12-20(15-28)27(2)24(18)21-7-5-6-8-22(21)25/h5-11,18,20,24,26,28H,4,12-16H2,1-3H3/t18-,20+,24-/m1/s1. The van der Waals surface area contributed by atoms with E-state index in [9.17, 15) is 9.50 Å². The zero-order valence-corrected chi connectivity index (χ0v) is 18.1. The molecule has 0 saturated carbocycles. The second-order valence-electron chi connectivity index (χ2n) is 7.88. The van der Waals surface area contributed by atoms with Crippen LogP contribution in [0.1, 0.15) is 36.1 Å². The Labute approximate surface area is 178 Å². The molecule has 1 heterocycles. The molecule has 1 fully saturated rings. The molecule has 3 atom stereocenters. The second-order valence-corrected chi connectivity index (χ2v) is 7.88. The number of aliphatic hydroxyl groups excluding tert-OH is 1. The minimum atomic E-state index is -0.186. The molecule has 2 aromatic carbocycles. The van der Waals surface area contributed by atoms with Crippen LogP contribution in [-0.2, 0) is 17.9 Å². The van der Waals surface area contributed by atoms with E-state index in [0.29, 0.717) is 25.3 Å². The van der Waals surface area contributed by atoms with E-state index in [2.05, 4.69) is 16.3 Å². The third kappa shape index (κ3) is 5.19. The number of halogens is 1. The van der Waals surface area contributed by atoms with Crippen LogP contribution in [0.2, 0.25) is 0 Å². The average molecular weight is 417 g/mol. The molecule has 164 valence electrons. The quantitative estimate of drug-likeness (QED) is 0.621. The first-order chi connectivity index (χ1) is 14.6. The van der Waals surface area contributed by atoms with Gasteiger partial charge in [-0.2, -0.15) is 0 Å². The van der Waals surface area contributed by atoms with Crippen LogP contribution < -0.4 is 10.1 Å². The highest BCUT2D eigenvalue weighted by atomic mass is 19.1. The summed E-state index contributed by atoms with van der Waals surface area (Å²) < 4.78 is 25.5. The Morgan fingerprint density at radius 2 is 2.03 bits per heavy atom. The molecule has 3 rings (SSSR count). The normalized spacial score (nSPS) is 21.8. The number of hydrogen-bond donors (Lipinski definition) is 2. The summed E-state index contributed by atoms with van der Waals surface area (Å²) in [4.78, 5) is 2.11. The maximum absolute atomic E-state index is 14.5. The third-order valence-electron chi connectivity index (χ3n) is 6.01. The maximum atomic E-state index is 14.5. The molecular weight excluding hydrogens is 383 g/mol. The van der Waals surface area contributed by atoms with Gasteiger partial charge in [0.1, 0.15) is 11.6 Å². The Morgan fingerprint density at radius 1 is 1.23 bits per heavy atom. The lowest BCUT2D eigenvalue weighted by atomic mass is 9.92. The predicted octanol–water partition coefficient (Wildman–Crippen LogP) is 3.51. The number of rotatable bonds is 10. The summed E-state index contributed by atoms with van der Waals surface area (Å²) in [7, 11) is 3.64. The van der Waals surface area contributed by atoms with Gasteiger partial charge in [0.15, 0.2) is 0 Å². The summed E-state index contributed by atoms with van der Waals surface area (Å²) in [5.74, 6) is 0.855. The molecular formula is C24H33FN2O3. The van der Waals surface area contributed by atoms with E-state index in [-0.39, 0.29) is 30.4 Å². The Morgan fingerprint density at radius 3 is 2.73 bits per heavy atom. The van der Waals surface area contributed by atoms with Crippen molar-refractivity contribution in [3.8, 4) is 5.75 Å². The molecule has 2 aromatic rings. The minimum Gasteiger partial charge on any atom is -0.496 e. The van der Waals surface area contributed by atoms with Crippen molar-refractivity contribution in [2.24, 2.45) is 5.92 Å².